The quantitative estimate of drug-likeness (QED) is 0.866. The lowest BCUT2D eigenvalue weighted by atomic mass is 10.1. The molecule has 1 amide bonds. The van der Waals surface area contributed by atoms with Crippen LogP contribution in [0, 0.1) is 13.8 Å². The van der Waals surface area contributed by atoms with Gasteiger partial charge in [-0.2, -0.15) is 0 Å². The van der Waals surface area contributed by atoms with Gasteiger partial charge in [-0.3, -0.25) is 9.10 Å². The van der Waals surface area contributed by atoms with Crippen LogP contribution in [0.4, 0.5) is 11.4 Å². The van der Waals surface area contributed by atoms with Gasteiger partial charge in [0.25, 0.3) is 0 Å². The molecule has 0 aromatic heterocycles. The van der Waals surface area contributed by atoms with Gasteiger partial charge in [0.05, 0.1) is 11.9 Å². The average Bonchev–Trinajstić information content (AvgIpc) is 3.02. The van der Waals surface area contributed by atoms with Gasteiger partial charge < -0.3 is 14.8 Å². The molecule has 1 N–H and O–H groups in total. The number of hydrogen-bond acceptors (Lipinski definition) is 5. The van der Waals surface area contributed by atoms with E-state index in [1.165, 1.54) is 0 Å². The standard InChI is InChI=1S/C18H20N2O5S/c1-12-4-5-14(8-13(12)2)19-18(21)10-20(26(3,22)23)15-6-7-16-17(9-15)25-11-24-16/h4-9H,10-11H2,1-3H3,(H,19,21). The number of carbonyl (C=O) groups is 1. The number of hydrogen-bond donors (Lipinski definition) is 1. The maximum Gasteiger partial charge on any atom is 0.245 e. The summed E-state index contributed by atoms with van der Waals surface area (Å²) in [7, 11) is -3.66. The lowest BCUT2D eigenvalue weighted by molar-refractivity contribution is -0.114. The van der Waals surface area contributed by atoms with Gasteiger partial charge in [0, 0.05) is 11.8 Å². The van der Waals surface area contributed by atoms with Crippen molar-refractivity contribution >= 4 is 27.3 Å². The largest absolute Gasteiger partial charge is 0.454 e. The molecule has 0 aliphatic carbocycles. The Kier molecular flexibility index (Phi) is 4.78. The maximum atomic E-state index is 12.4. The monoisotopic (exact) mass is 376 g/mol. The van der Waals surface area contributed by atoms with Crippen LogP contribution in [0.15, 0.2) is 36.4 Å². The topological polar surface area (TPSA) is 84.9 Å². The minimum absolute atomic E-state index is 0.0882. The molecular weight excluding hydrogens is 356 g/mol. The van der Waals surface area contributed by atoms with E-state index in [0.29, 0.717) is 22.9 Å². The van der Waals surface area contributed by atoms with Gasteiger partial charge in [-0.15, -0.1) is 0 Å². The average molecular weight is 376 g/mol. The molecular formula is C18H20N2O5S. The molecule has 0 saturated carbocycles. The van der Waals surface area contributed by atoms with Gasteiger partial charge in [0.1, 0.15) is 6.54 Å². The molecule has 0 spiro atoms. The Morgan fingerprint density at radius 1 is 1.08 bits per heavy atom. The van der Waals surface area contributed by atoms with Crippen LogP contribution in [0.25, 0.3) is 0 Å². The summed E-state index contributed by atoms with van der Waals surface area (Å²) in [6, 6.07) is 10.3. The number of fused-ring (bicyclic) bond motifs is 1. The number of ether oxygens (including phenoxy) is 2. The summed E-state index contributed by atoms with van der Waals surface area (Å²) in [4.78, 5) is 12.4. The smallest absolute Gasteiger partial charge is 0.245 e. The molecule has 1 aliphatic heterocycles. The first-order valence-electron chi connectivity index (χ1n) is 7.98. The Morgan fingerprint density at radius 3 is 2.50 bits per heavy atom. The van der Waals surface area contributed by atoms with Crippen molar-refractivity contribution in [3.8, 4) is 11.5 Å². The van der Waals surface area contributed by atoms with Crippen molar-refractivity contribution in [2.75, 3.05) is 29.2 Å². The minimum Gasteiger partial charge on any atom is -0.454 e. The molecule has 2 aromatic carbocycles. The number of anilines is 2. The summed E-state index contributed by atoms with van der Waals surface area (Å²) < 4.78 is 35.9. The van der Waals surface area contributed by atoms with Crippen molar-refractivity contribution in [3.63, 3.8) is 0 Å². The maximum absolute atomic E-state index is 12.4. The Bertz CT molecular complexity index is 956. The van der Waals surface area contributed by atoms with Crippen molar-refractivity contribution in [1.29, 1.82) is 0 Å². The van der Waals surface area contributed by atoms with Crippen molar-refractivity contribution in [2.45, 2.75) is 13.8 Å². The summed E-state index contributed by atoms with van der Waals surface area (Å²) in [5.74, 6) is 0.559. The molecule has 1 aliphatic rings. The second-order valence-electron chi connectivity index (χ2n) is 6.15. The molecule has 26 heavy (non-hydrogen) atoms. The van der Waals surface area contributed by atoms with Crippen molar-refractivity contribution in [3.05, 3.63) is 47.5 Å². The Hall–Kier alpha value is -2.74. The van der Waals surface area contributed by atoms with E-state index in [-0.39, 0.29) is 13.3 Å². The molecule has 0 saturated heterocycles. The zero-order chi connectivity index (χ0) is 18.9. The fraction of sp³-hybridized carbons (Fsp3) is 0.278. The van der Waals surface area contributed by atoms with Crippen molar-refractivity contribution in [2.24, 2.45) is 0 Å². The van der Waals surface area contributed by atoms with Crippen molar-refractivity contribution < 1.29 is 22.7 Å². The number of aryl methyl sites for hydroxylation is 2. The Balaban J connectivity index is 1.80. The van der Waals surface area contributed by atoms with E-state index in [2.05, 4.69) is 5.32 Å². The van der Waals surface area contributed by atoms with Gasteiger partial charge in [0.15, 0.2) is 11.5 Å². The normalized spacial score (nSPS) is 12.7. The molecule has 0 unspecified atom stereocenters. The van der Waals surface area contributed by atoms with E-state index in [1.807, 2.05) is 26.0 Å². The molecule has 2 aromatic rings. The number of sulfonamides is 1. The van der Waals surface area contributed by atoms with Crippen molar-refractivity contribution in [1.82, 2.24) is 0 Å². The molecule has 0 fully saturated rings. The Labute approximate surface area is 152 Å². The van der Waals surface area contributed by atoms with E-state index >= 15 is 0 Å². The highest BCUT2D eigenvalue weighted by atomic mass is 32.2. The van der Waals surface area contributed by atoms with Crippen LogP contribution in [-0.4, -0.2) is 33.9 Å². The summed E-state index contributed by atoms with van der Waals surface area (Å²) in [5.41, 5.74) is 3.11. The lowest BCUT2D eigenvalue weighted by Gasteiger charge is -2.22. The zero-order valence-electron chi connectivity index (χ0n) is 14.8. The molecule has 0 atom stereocenters. The van der Waals surface area contributed by atoms with Gasteiger partial charge in [-0.1, -0.05) is 6.07 Å². The highest BCUT2D eigenvalue weighted by Gasteiger charge is 2.23. The van der Waals surface area contributed by atoms with Gasteiger partial charge in [0.2, 0.25) is 22.7 Å². The second-order valence-corrected chi connectivity index (χ2v) is 8.06. The van der Waals surface area contributed by atoms with E-state index in [9.17, 15) is 13.2 Å². The number of rotatable bonds is 5. The fourth-order valence-corrected chi connectivity index (χ4v) is 3.44. The summed E-state index contributed by atoms with van der Waals surface area (Å²) in [6.07, 6.45) is 1.06. The van der Waals surface area contributed by atoms with E-state index < -0.39 is 15.9 Å². The first-order chi connectivity index (χ1) is 12.2. The highest BCUT2D eigenvalue weighted by Crippen LogP contribution is 2.36. The van der Waals surface area contributed by atoms with E-state index in [1.54, 1.807) is 24.3 Å². The number of amides is 1. The molecule has 0 bridgehead atoms. The highest BCUT2D eigenvalue weighted by molar-refractivity contribution is 7.92. The third-order valence-electron chi connectivity index (χ3n) is 4.12. The van der Waals surface area contributed by atoms with Crippen LogP contribution in [-0.2, 0) is 14.8 Å². The third-order valence-corrected chi connectivity index (χ3v) is 5.26. The summed E-state index contributed by atoms with van der Waals surface area (Å²) in [5, 5.41) is 2.73. The van der Waals surface area contributed by atoms with Crippen LogP contribution >= 0.6 is 0 Å². The molecule has 8 heteroatoms. The van der Waals surface area contributed by atoms with Crippen LogP contribution in [0.1, 0.15) is 11.1 Å². The second kappa shape index (κ2) is 6.87. The first-order valence-corrected chi connectivity index (χ1v) is 9.83. The van der Waals surface area contributed by atoms with Gasteiger partial charge in [-0.25, -0.2) is 8.42 Å². The zero-order valence-corrected chi connectivity index (χ0v) is 15.6. The predicted molar refractivity (Wildman–Crippen MR) is 99.3 cm³/mol. The number of nitrogens with one attached hydrogen (secondary N) is 1. The number of nitrogens with zero attached hydrogens (tertiary/aromatic N) is 1. The van der Waals surface area contributed by atoms with E-state index in [4.69, 9.17) is 9.47 Å². The van der Waals surface area contributed by atoms with Crippen LogP contribution in [0.3, 0.4) is 0 Å². The summed E-state index contributed by atoms with van der Waals surface area (Å²) >= 11 is 0. The summed E-state index contributed by atoms with van der Waals surface area (Å²) in [6.45, 7) is 3.67. The first kappa shape index (κ1) is 18.1. The minimum atomic E-state index is -3.66. The Morgan fingerprint density at radius 2 is 1.81 bits per heavy atom. The predicted octanol–water partition coefficient (Wildman–Crippen LogP) is 2.44. The van der Waals surface area contributed by atoms with Crippen LogP contribution in [0.2, 0.25) is 0 Å². The van der Waals surface area contributed by atoms with E-state index in [0.717, 1.165) is 21.7 Å². The number of carbonyl (C=O) groups excluding carboxylic acids is 1. The van der Waals surface area contributed by atoms with Crippen LogP contribution < -0.4 is 19.1 Å². The van der Waals surface area contributed by atoms with Crippen LogP contribution in [0.5, 0.6) is 11.5 Å². The molecule has 0 radical (unpaired) electrons. The van der Waals surface area contributed by atoms with Gasteiger partial charge in [-0.05, 0) is 49.2 Å². The SMILES string of the molecule is Cc1ccc(NC(=O)CN(c2ccc3c(c2)OCO3)S(C)(=O)=O)cc1C. The molecule has 1 heterocycles. The third kappa shape index (κ3) is 3.91. The lowest BCUT2D eigenvalue weighted by Crippen LogP contribution is -2.37. The van der Waals surface area contributed by atoms with Gasteiger partial charge >= 0.3 is 0 Å². The molecule has 7 nitrogen and oxygen atoms in total. The fourth-order valence-electron chi connectivity index (χ4n) is 2.59. The molecule has 3 rings (SSSR count). The number of benzene rings is 2. The molecule has 138 valence electrons.